The van der Waals surface area contributed by atoms with Crippen molar-refractivity contribution < 1.29 is 18.0 Å². The van der Waals surface area contributed by atoms with Crippen LogP contribution in [0.1, 0.15) is 34.6 Å². The van der Waals surface area contributed by atoms with E-state index in [1.807, 2.05) is 60.4 Å². The molecule has 13 heteroatoms. The zero-order valence-electron chi connectivity index (χ0n) is 24.0. The van der Waals surface area contributed by atoms with Crippen molar-refractivity contribution in [2.45, 2.75) is 30.1 Å². The van der Waals surface area contributed by atoms with E-state index in [0.717, 1.165) is 30.1 Å². The number of nitrogens with one attached hydrogen (secondary N) is 1. The molecule has 4 aromatic rings. The smallest absolute Gasteiger partial charge is 0.253 e. The molecular weight excluding hydrogens is 605 g/mol. The molecule has 0 aliphatic carbocycles. The van der Waals surface area contributed by atoms with Crippen LogP contribution in [0.5, 0.6) is 0 Å². The van der Waals surface area contributed by atoms with E-state index in [0.29, 0.717) is 30.4 Å². The summed E-state index contributed by atoms with van der Waals surface area (Å²) in [5, 5.41) is 9.11. The minimum atomic E-state index is -3.63. The second kappa shape index (κ2) is 13.9. The van der Waals surface area contributed by atoms with Gasteiger partial charge in [0.1, 0.15) is 9.90 Å². The first kappa shape index (κ1) is 31.0. The van der Waals surface area contributed by atoms with Crippen LogP contribution in [0.4, 0.5) is 0 Å². The minimum Gasteiger partial charge on any atom is -0.336 e. The third-order valence-corrected chi connectivity index (χ3v) is 11.4. The van der Waals surface area contributed by atoms with E-state index in [9.17, 15) is 18.0 Å². The zero-order chi connectivity index (χ0) is 30.4. The van der Waals surface area contributed by atoms with Crippen molar-refractivity contribution in [2.75, 3.05) is 39.3 Å². The van der Waals surface area contributed by atoms with Gasteiger partial charge in [-0.25, -0.2) is 8.42 Å². The first-order valence-corrected chi connectivity index (χ1v) is 17.1. The molecule has 2 fully saturated rings. The van der Waals surface area contributed by atoms with Crippen molar-refractivity contribution >= 4 is 44.7 Å². The molecule has 0 saturated carbocycles. The summed E-state index contributed by atoms with van der Waals surface area (Å²) in [7, 11) is -3.63. The van der Waals surface area contributed by atoms with Gasteiger partial charge in [0, 0.05) is 67.9 Å². The Hall–Kier alpha value is -3.49. The molecule has 0 bridgehead atoms. The molecule has 0 spiro atoms. The summed E-state index contributed by atoms with van der Waals surface area (Å²) >= 11 is 2.42. The number of hydrogen-bond donors (Lipinski definition) is 1. The Balaban J connectivity index is 0.000000207. The maximum atomic E-state index is 13.1. The van der Waals surface area contributed by atoms with Crippen LogP contribution < -0.4 is 5.32 Å². The Kier molecular flexibility index (Phi) is 9.98. The van der Waals surface area contributed by atoms with Gasteiger partial charge in [-0.1, -0.05) is 40.9 Å². The summed E-state index contributed by atoms with van der Waals surface area (Å²) in [5.74, 6) is 0.0721. The normalized spacial score (nSPS) is 19.4. The number of piperazine rings is 2. The molecule has 226 valence electrons. The fourth-order valence-corrected chi connectivity index (χ4v) is 8.65. The van der Waals surface area contributed by atoms with Crippen molar-refractivity contribution in [2.24, 2.45) is 0 Å². The lowest BCUT2D eigenvalue weighted by Gasteiger charge is -2.38. The highest BCUT2D eigenvalue weighted by molar-refractivity contribution is 7.91. The Morgan fingerprint density at radius 1 is 0.837 bits per heavy atom. The minimum absolute atomic E-state index is 0.0704. The highest BCUT2D eigenvalue weighted by Gasteiger charge is 2.36. The second-order valence-electron chi connectivity index (χ2n) is 10.5. The molecule has 2 aromatic heterocycles. The van der Waals surface area contributed by atoms with E-state index < -0.39 is 10.0 Å². The molecule has 43 heavy (non-hydrogen) atoms. The van der Waals surface area contributed by atoms with Gasteiger partial charge in [-0.3, -0.25) is 9.59 Å². The van der Waals surface area contributed by atoms with Crippen LogP contribution in [-0.2, 0) is 10.0 Å². The predicted octanol–water partition coefficient (Wildman–Crippen LogP) is 3.92. The maximum absolute atomic E-state index is 13.1. The standard InChI is InChI=1S/C18H18N4O3S3.C12H16N2O/c1-13-11-21(18(23)14-5-3-2-4-6-14)9-10-22(13)28(24,25)17-8-7-16(27-17)15-12-26-20-19-15;1-10-9-14(8-7-13-10)12(15)11-5-3-2-4-6-11/h2-8,12-13H,9-11H2,1H3;2-6,10,13H,7-9H2,1H3/t13-;10-/m11/s1. The molecule has 6 rings (SSSR count). The SMILES string of the molecule is C[C@@H]1CN(C(=O)c2ccccc2)CCN1.C[C@@H]1CN(C(=O)c2ccccc2)CCN1S(=O)(=O)c1ccc(-c2csnn2)s1. The fraction of sp³-hybridized carbons (Fsp3) is 0.333. The summed E-state index contributed by atoms with van der Waals surface area (Å²) in [6, 6.07) is 22.0. The third kappa shape index (κ3) is 7.36. The number of amides is 2. The van der Waals surface area contributed by atoms with Crippen LogP contribution >= 0.6 is 22.9 Å². The number of carbonyl (C=O) groups is 2. The third-order valence-electron chi connectivity index (χ3n) is 7.31. The van der Waals surface area contributed by atoms with Crippen LogP contribution in [0.25, 0.3) is 10.6 Å². The van der Waals surface area contributed by atoms with Crippen molar-refractivity contribution in [3.05, 3.63) is 89.3 Å². The highest BCUT2D eigenvalue weighted by Crippen LogP contribution is 2.33. The lowest BCUT2D eigenvalue weighted by atomic mass is 10.1. The van der Waals surface area contributed by atoms with E-state index in [-0.39, 0.29) is 28.6 Å². The van der Waals surface area contributed by atoms with E-state index >= 15 is 0 Å². The summed E-state index contributed by atoms with van der Waals surface area (Å²) in [4.78, 5) is 29.1. The molecule has 2 aliphatic heterocycles. The lowest BCUT2D eigenvalue weighted by molar-refractivity contribution is 0.0642. The van der Waals surface area contributed by atoms with Gasteiger partial charge in [0.05, 0.1) is 4.88 Å². The Bertz CT molecular complexity index is 1610. The Morgan fingerprint density at radius 3 is 2.02 bits per heavy atom. The van der Waals surface area contributed by atoms with E-state index in [1.54, 1.807) is 34.5 Å². The first-order valence-electron chi connectivity index (χ1n) is 14.0. The van der Waals surface area contributed by atoms with E-state index in [4.69, 9.17) is 0 Å². The van der Waals surface area contributed by atoms with Crippen LogP contribution in [0.2, 0.25) is 0 Å². The molecule has 2 atom stereocenters. The number of benzene rings is 2. The molecule has 4 heterocycles. The molecule has 2 aliphatic rings. The van der Waals surface area contributed by atoms with Crippen LogP contribution in [0.3, 0.4) is 0 Å². The van der Waals surface area contributed by atoms with Gasteiger partial charge in [-0.15, -0.1) is 16.4 Å². The molecule has 10 nitrogen and oxygen atoms in total. The van der Waals surface area contributed by atoms with Crippen LogP contribution in [0, 0.1) is 0 Å². The zero-order valence-corrected chi connectivity index (χ0v) is 26.4. The molecule has 1 N–H and O–H groups in total. The summed E-state index contributed by atoms with van der Waals surface area (Å²) < 4.78 is 31.8. The lowest BCUT2D eigenvalue weighted by Crippen LogP contribution is -2.55. The van der Waals surface area contributed by atoms with Gasteiger partial charge >= 0.3 is 0 Å². The van der Waals surface area contributed by atoms with Gasteiger partial charge in [0.2, 0.25) is 0 Å². The molecular formula is C30H34N6O4S3. The van der Waals surface area contributed by atoms with E-state index in [2.05, 4.69) is 21.8 Å². The van der Waals surface area contributed by atoms with Crippen LogP contribution in [0.15, 0.2) is 82.4 Å². The van der Waals surface area contributed by atoms with Crippen molar-refractivity contribution in [1.82, 2.24) is 29.0 Å². The monoisotopic (exact) mass is 638 g/mol. The van der Waals surface area contributed by atoms with Gasteiger partial charge in [0.25, 0.3) is 21.8 Å². The Labute approximate surface area is 260 Å². The average molecular weight is 639 g/mol. The van der Waals surface area contributed by atoms with Gasteiger partial charge < -0.3 is 15.1 Å². The van der Waals surface area contributed by atoms with E-state index in [1.165, 1.54) is 27.2 Å². The number of nitrogens with zero attached hydrogens (tertiary/aromatic N) is 5. The van der Waals surface area contributed by atoms with Gasteiger partial charge in [0.15, 0.2) is 0 Å². The molecule has 2 amide bonds. The fourth-order valence-electron chi connectivity index (χ4n) is 5.11. The van der Waals surface area contributed by atoms with Crippen molar-refractivity contribution in [3.8, 4) is 10.6 Å². The van der Waals surface area contributed by atoms with Crippen LogP contribution in [-0.4, -0.2) is 95.3 Å². The highest BCUT2D eigenvalue weighted by atomic mass is 32.2. The maximum Gasteiger partial charge on any atom is 0.253 e. The summed E-state index contributed by atoms with van der Waals surface area (Å²) in [6.45, 7) is 7.43. The summed E-state index contributed by atoms with van der Waals surface area (Å²) in [6.07, 6.45) is 0. The van der Waals surface area contributed by atoms with Gasteiger partial charge in [-0.2, -0.15) is 4.31 Å². The number of carbonyl (C=O) groups excluding carboxylic acids is 2. The van der Waals surface area contributed by atoms with Crippen molar-refractivity contribution in [1.29, 1.82) is 0 Å². The number of hydrogen-bond acceptors (Lipinski definition) is 9. The average Bonchev–Trinajstić information content (AvgIpc) is 3.75. The number of aromatic nitrogens is 2. The second-order valence-corrected chi connectivity index (χ2v) is 14.3. The number of rotatable bonds is 5. The Morgan fingerprint density at radius 2 is 1.47 bits per heavy atom. The predicted molar refractivity (Wildman–Crippen MR) is 169 cm³/mol. The number of sulfonamides is 1. The molecule has 0 unspecified atom stereocenters. The molecule has 2 aromatic carbocycles. The molecule has 0 radical (unpaired) electrons. The quantitative estimate of drug-likeness (QED) is 0.352. The number of thiophene rings is 1. The molecule has 2 saturated heterocycles. The topological polar surface area (TPSA) is 116 Å². The van der Waals surface area contributed by atoms with Gasteiger partial charge in [-0.05, 0) is 61.8 Å². The first-order chi connectivity index (χ1) is 20.7. The largest absolute Gasteiger partial charge is 0.336 e. The summed E-state index contributed by atoms with van der Waals surface area (Å²) in [5.41, 5.74) is 2.08. The van der Waals surface area contributed by atoms with Crippen molar-refractivity contribution in [3.63, 3.8) is 0 Å².